The Morgan fingerprint density at radius 2 is 2.00 bits per heavy atom. The van der Waals surface area contributed by atoms with Gasteiger partial charge >= 0.3 is 0 Å². The molecule has 1 aromatic heterocycles. The van der Waals surface area contributed by atoms with E-state index >= 15 is 0 Å². The molecule has 1 fully saturated rings. The summed E-state index contributed by atoms with van der Waals surface area (Å²) < 4.78 is 12.5. The Morgan fingerprint density at radius 3 is 2.80 bits per heavy atom. The van der Waals surface area contributed by atoms with Gasteiger partial charge in [-0.15, -0.1) is 0 Å². The van der Waals surface area contributed by atoms with E-state index in [1.165, 1.54) is 12.8 Å². The third-order valence-corrected chi connectivity index (χ3v) is 3.75. The summed E-state index contributed by atoms with van der Waals surface area (Å²) in [5, 5.41) is 3.43. The van der Waals surface area contributed by atoms with Crippen LogP contribution in [0.5, 0.6) is 0 Å². The average Bonchev–Trinajstić information content (AvgIpc) is 3.16. The minimum absolute atomic E-state index is 0.510. The monoisotopic (exact) mass is 335 g/mol. The Labute approximate surface area is 127 Å². The zero-order valence-corrected chi connectivity index (χ0v) is 12.9. The van der Waals surface area contributed by atoms with Crippen molar-refractivity contribution in [3.8, 4) is 0 Å². The fourth-order valence-corrected chi connectivity index (χ4v) is 2.47. The van der Waals surface area contributed by atoms with Crippen molar-refractivity contribution in [2.24, 2.45) is 0 Å². The number of hydrogen-bond donors (Lipinski definition) is 1. The lowest BCUT2D eigenvalue weighted by Crippen LogP contribution is -2.14. The molecule has 0 amide bonds. The molecule has 106 valence electrons. The number of hydrogen-bond acceptors (Lipinski definition) is 3. The molecule has 0 spiro atoms. The first-order valence-electron chi connectivity index (χ1n) is 6.93. The lowest BCUT2D eigenvalue weighted by Gasteiger charge is -2.03. The quantitative estimate of drug-likeness (QED) is 0.830. The smallest absolute Gasteiger partial charge is 0.129 e. The molecular formula is C16H18BrNO2. The van der Waals surface area contributed by atoms with Crippen LogP contribution < -0.4 is 5.32 Å². The van der Waals surface area contributed by atoms with Crippen LogP contribution in [0, 0.1) is 0 Å². The fourth-order valence-electron chi connectivity index (χ4n) is 2.02. The molecule has 1 N–H and O–H groups in total. The summed E-state index contributed by atoms with van der Waals surface area (Å²) in [4.78, 5) is 0. The molecule has 1 heterocycles. The summed E-state index contributed by atoms with van der Waals surface area (Å²) in [7, 11) is 0. The number of halogens is 1. The SMILES string of the molecule is Brc1cccc(COCc2ccc(CNC3CC3)o2)c1. The van der Waals surface area contributed by atoms with Gasteiger partial charge in [0.05, 0.1) is 13.2 Å². The maximum atomic E-state index is 5.73. The van der Waals surface area contributed by atoms with Gasteiger partial charge in [0.15, 0.2) is 0 Å². The predicted molar refractivity (Wildman–Crippen MR) is 81.2 cm³/mol. The summed E-state index contributed by atoms with van der Waals surface area (Å²) in [6.07, 6.45) is 2.59. The summed E-state index contributed by atoms with van der Waals surface area (Å²) in [6, 6.07) is 12.9. The molecule has 2 aromatic rings. The highest BCUT2D eigenvalue weighted by molar-refractivity contribution is 9.10. The molecule has 1 aliphatic carbocycles. The average molecular weight is 336 g/mol. The summed E-state index contributed by atoms with van der Waals surface area (Å²) in [5.41, 5.74) is 1.15. The number of ether oxygens (including phenoxy) is 1. The van der Waals surface area contributed by atoms with E-state index in [1.807, 2.05) is 24.3 Å². The first-order chi connectivity index (χ1) is 9.79. The van der Waals surface area contributed by atoms with Crippen LogP contribution in [-0.4, -0.2) is 6.04 Å². The molecule has 1 saturated carbocycles. The number of nitrogens with one attached hydrogen (secondary N) is 1. The second kappa shape index (κ2) is 6.57. The molecule has 3 rings (SSSR count). The lowest BCUT2D eigenvalue weighted by atomic mass is 10.2. The van der Waals surface area contributed by atoms with Crippen molar-refractivity contribution >= 4 is 15.9 Å². The molecule has 0 aliphatic heterocycles. The predicted octanol–water partition coefficient (Wildman–Crippen LogP) is 4.01. The van der Waals surface area contributed by atoms with Gasteiger partial charge in [-0.05, 0) is 42.7 Å². The van der Waals surface area contributed by atoms with Gasteiger partial charge in [0.2, 0.25) is 0 Å². The summed E-state index contributed by atoms with van der Waals surface area (Å²) in [5.74, 6) is 1.87. The van der Waals surface area contributed by atoms with Gasteiger partial charge in [0, 0.05) is 10.5 Å². The molecule has 4 heteroatoms. The molecule has 0 bridgehead atoms. The Balaban J connectivity index is 1.43. The van der Waals surface area contributed by atoms with Crippen molar-refractivity contribution < 1.29 is 9.15 Å². The molecule has 1 aliphatic rings. The molecule has 0 atom stereocenters. The second-order valence-corrected chi connectivity index (χ2v) is 6.06. The standard InChI is InChI=1S/C16H18BrNO2/c17-13-3-1-2-12(8-13)10-19-11-16-7-6-15(20-16)9-18-14-4-5-14/h1-3,6-8,14,18H,4-5,9-11H2. The molecule has 1 aromatic carbocycles. The molecule has 20 heavy (non-hydrogen) atoms. The van der Waals surface area contributed by atoms with Crippen LogP contribution in [0.1, 0.15) is 29.9 Å². The molecule has 0 saturated heterocycles. The molecule has 0 unspecified atom stereocenters. The largest absolute Gasteiger partial charge is 0.462 e. The highest BCUT2D eigenvalue weighted by atomic mass is 79.9. The van der Waals surface area contributed by atoms with E-state index in [2.05, 4.69) is 33.4 Å². The zero-order valence-electron chi connectivity index (χ0n) is 11.3. The van der Waals surface area contributed by atoms with E-state index in [1.54, 1.807) is 0 Å². The van der Waals surface area contributed by atoms with Crippen molar-refractivity contribution in [3.63, 3.8) is 0 Å². The van der Waals surface area contributed by atoms with Crippen LogP contribution in [0.15, 0.2) is 45.3 Å². The first-order valence-corrected chi connectivity index (χ1v) is 7.72. The Bertz CT molecular complexity index is 563. The fraction of sp³-hybridized carbons (Fsp3) is 0.375. The minimum Gasteiger partial charge on any atom is -0.462 e. The van der Waals surface area contributed by atoms with Crippen LogP contribution in [0.3, 0.4) is 0 Å². The number of rotatable bonds is 7. The van der Waals surface area contributed by atoms with Crippen molar-refractivity contribution in [1.29, 1.82) is 0 Å². The van der Waals surface area contributed by atoms with E-state index in [4.69, 9.17) is 9.15 Å². The highest BCUT2D eigenvalue weighted by Crippen LogP contribution is 2.20. The Hall–Kier alpha value is -1.10. The normalized spacial score (nSPS) is 14.7. The van der Waals surface area contributed by atoms with Gasteiger partial charge in [-0.3, -0.25) is 0 Å². The minimum atomic E-state index is 0.510. The van der Waals surface area contributed by atoms with Crippen molar-refractivity contribution in [2.75, 3.05) is 0 Å². The van der Waals surface area contributed by atoms with Gasteiger partial charge < -0.3 is 14.5 Å². The van der Waals surface area contributed by atoms with E-state index in [9.17, 15) is 0 Å². The van der Waals surface area contributed by atoms with E-state index < -0.39 is 0 Å². The van der Waals surface area contributed by atoms with E-state index in [0.29, 0.717) is 19.3 Å². The maximum absolute atomic E-state index is 5.73. The van der Waals surface area contributed by atoms with Crippen LogP contribution in [0.4, 0.5) is 0 Å². The summed E-state index contributed by atoms with van der Waals surface area (Å²) >= 11 is 3.46. The third kappa shape index (κ3) is 4.20. The van der Waals surface area contributed by atoms with Gasteiger partial charge in [0.25, 0.3) is 0 Å². The third-order valence-electron chi connectivity index (χ3n) is 3.26. The van der Waals surface area contributed by atoms with Gasteiger partial charge in [-0.1, -0.05) is 28.1 Å². The van der Waals surface area contributed by atoms with Crippen molar-refractivity contribution in [2.45, 2.75) is 38.6 Å². The van der Waals surface area contributed by atoms with E-state index in [0.717, 1.165) is 28.1 Å². The van der Waals surface area contributed by atoms with Crippen LogP contribution in [0.25, 0.3) is 0 Å². The Kier molecular flexibility index (Phi) is 4.55. The van der Waals surface area contributed by atoms with Gasteiger partial charge in [-0.2, -0.15) is 0 Å². The van der Waals surface area contributed by atoms with Gasteiger partial charge in [0.1, 0.15) is 18.1 Å². The lowest BCUT2D eigenvalue weighted by molar-refractivity contribution is 0.0919. The van der Waals surface area contributed by atoms with Crippen molar-refractivity contribution in [1.82, 2.24) is 5.32 Å². The first kappa shape index (κ1) is 13.9. The topological polar surface area (TPSA) is 34.4 Å². The second-order valence-electron chi connectivity index (χ2n) is 5.15. The summed E-state index contributed by atoms with van der Waals surface area (Å²) in [6.45, 7) is 1.92. The zero-order chi connectivity index (χ0) is 13.8. The molecule has 3 nitrogen and oxygen atoms in total. The maximum Gasteiger partial charge on any atom is 0.129 e. The molecule has 0 radical (unpaired) electrons. The number of furan rings is 1. The Morgan fingerprint density at radius 1 is 1.15 bits per heavy atom. The van der Waals surface area contributed by atoms with Crippen LogP contribution in [-0.2, 0) is 24.5 Å². The van der Waals surface area contributed by atoms with E-state index in [-0.39, 0.29) is 0 Å². The van der Waals surface area contributed by atoms with Gasteiger partial charge in [-0.25, -0.2) is 0 Å². The highest BCUT2D eigenvalue weighted by Gasteiger charge is 2.20. The van der Waals surface area contributed by atoms with Crippen LogP contribution >= 0.6 is 15.9 Å². The number of benzene rings is 1. The van der Waals surface area contributed by atoms with Crippen LogP contribution in [0.2, 0.25) is 0 Å². The molecular weight excluding hydrogens is 318 g/mol. The van der Waals surface area contributed by atoms with Crippen molar-refractivity contribution in [3.05, 3.63) is 58.0 Å².